The molecule has 0 saturated carbocycles. The summed E-state index contributed by atoms with van der Waals surface area (Å²) < 4.78 is 27.8. The molecule has 0 saturated heterocycles. The van der Waals surface area contributed by atoms with E-state index >= 15 is 0 Å². The van der Waals surface area contributed by atoms with Gasteiger partial charge in [0, 0.05) is 28.7 Å². The molecule has 0 radical (unpaired) electrons. The molecular formula is C12H15Cl2NO5S. The highest BCUT2D eigenvalue weighted by molar-refractivity contribution is 8.13. The monoisotopic (exact) mass is 355 g/mol. The zero-order valence-corrected chi connectivity index (χ0v) is 13.8. The van der Waals surface area contributed by atoms with Crippen molar-refractivity contribution in [3.63, 3.8) is 0 Å². The van der Waals surface area contributed by atoms with E-state index in [9.17, 15) is 18.5 Å². The molecule has 9 heteroatoms. The summed E-state index contributed by atoms with van der Waals surface area (Å²) >= 11 is 5.77. The van der Waals surface area contributed by atoms with E-state index in [-0.39, 0.29) is 34.9 Å². The van der Waals surface area contributed by atoms with Crippen molar-refractivity contribution in [2.75, 3.05) is 12.4 Å². The second-order valence-corrected chi connectivity index (χ2v) is 8.12. The van der Waals surface area contributed by atoms with Crippen LogP contribution in [0.5, 0.6) is 5.75 Å². The van der Waals surface area contributed by atoms with Gasteiger partial charge in [0.2, 0.25) is 9.05 Å². The number of halogens is 2. The average Bonchev–Trinajstić information content (AvgIpc) is 2.32. The number of nitrogens with zero attached hydrogens (tertiary/aromatic N) is 1. The van der Waals surface area contributed by atoms with Gasteiger partial charge in [-0.3, -0.25) is 10.1 Å². The molecule has 0 spiro atoms. The minimum absolute atomic E-state index is 0.0384. The van der Waals surface area contributed by atoms with Crippen molar-refractivity contribution in [2.45, 2.75) is 13.8 Å². The van der Waals surface area contributed by atoms with Crippen molar-refractivity contribution in [3.05, 3.63) is 33.3 Å². The van der Waals surface area contributed by atoms with Crippen molar-refractivity contribution >= 4 is 37.0 Å². The summed E-state index contributed by atoms with van der Waals surface area (Å²) in [4.78, 5) is 10.0. The van der Waals surface area contributed by atoms with Gasteiger partial charge in [0.1, 0.15) is 10.8 Å². The summed E-state index contributed by atoms with van der Waals surface area (Å²) in [5.41, 5.74) is -0.215. The van der Waals surface area contributed by atoms with Gasteiger partial charge < -0.3 is 4.74 Å². The quantitative estimate of drug-likeness (QED) is 0.424. The molecule has 118 valence electrons. The number of hydrogen-bond acceptors (Lipinski definition) is 5. The van der Waals surface area contributed by atoms with E-state index in [0.29, 0.717) is 5.75 Å². The van der Waals surface area contributed by atoms with Gasteiger partial charge in [-0.25, -0.2) is 8.42 Å². The summed E-state index contributed by atoms with van der Waals surface area (Å²) in [6, 6.07) is 3.98. The molecule has 0 N–H and O–H groups in total. The maximum atomic E-state index is 11.1. The van der Waals surface area contributed by atoms with Gasteiger partial charge in [0.15, 0.2) is 0 Å². The molecule has 21 heavy (non-hydrogen) atoms. The highest BCUT2D eigenvalue weighted by Gasteiger charge is 2.21. The van der Waals surface area contributed by atoms with Crippen LogP contribution in [-0.2, 0) is 9.05 Å². The van der Waals surface area contributed by atoms with Crippen LogP contribution in [0, 0.1) is 22.0 Å². The van der Waals surface area contributed by atoms with Gasteiger partial charge in [0.05, 0.1) is 17.3 Å². The van der Waals surface area contributed by atoms with E-state index in [4.69, 9.17) is 27.0 Å². The van der Waals surface area contributed by atoms with Crippen LogP contribution in [0.3, 0.4) is 0 Å². The molecule has 1 aromatic carbocycles. The van der Waals surface area contributed by atoms with E-state index in [1.165, 1.54) is 18.2 Å². The third kappa shape index (κ3) is 6.07. The van der Waals surface area contributed by atoms with Crippen LogP contribution >= 0.6 is 22.3 Å². The molecule has 1 atom stereocenters. The molecule has 1 unspecified atom stereocenters. The lowest BCUT2D eigenvalue weighted by Crippen LogP contribution is -2.24. The first-order chi connectivity index (χ1) is 9.60. The second-order valence-electron chi connectivity index (χ2n) is 4.89. The number of benzene rings is 1. The van der Waals surface area contributed by atoms with Crippen molar-refractivity contribution in [2.24, 2.45) is 11.8 Å². The standard InChI is InChI=1S/C12H15Cl2NO5S/c1-8(2)9(7-21(14,18)19)6-20-10-3-4-12(15(16)17)11(13)5-10/h3-5,8-9H,6-7H2,1-2H3. The number of rotatable bonds is 7. The molecule has 0 bridgehead atoms. The van der Waals surface area contributed by atoms with Crippen molar-refractivity contribution in [1.82, 2.24) is 0 Å². The largest absolute Gasteiger partial charge is 0.493 e. The molecule has 0 aliphatic heterocycles. The third-order valence-electron chi connectivity index (χ3n) is 2.94. The minimum Gasteiger partial charge on any atom is -0.493 e. The SMILES string of the molecule is CC(C)C(COc1ccc([N+](=O)[O-])c(Cl)c1)CS(=O)(=O)Cl. The van der Waals surface area contributed by atoms with E-state index in [1.54, 1.807) is 0 Å². The molecule has 0 aliphatic rings. The molecule has 1 rings (SSSR count). The Bertz CT molecular complexity index is 618. The maximum absolute atomic E-state index is 11.1. The Labute approximate surface area is 132 Å². The predicted molar refractivity (Wildman–Crippen MR) is 81.6 cm³/mol. The van der Waals surface area contributed by atoms with E-state index < -0.39 is 14.0 Å². The van der Waals surface area contributed by atoms with Gasteiger partial charge in [-0.05, 0) is 12.0 Å². The summed E-state index contributed by atoms with van der Waals surface area (Å²) in [7, 11) is 1.63. The Morgan fingerprint density at radius 3 is 2.43 bits per heavy atom. The Kier molecular flexibility index (Phi) is 6.24. The van der Waals surface area contributed by atoms with Crippen molar-refractivity contribution in [3.8, 4) is 5.75 Å². The predicted octanol–water partition coefficient (Wildman–Crippen LogP) is 3.47. The van der Waals surface area contributed by atoms with Crippen LogP contribution in [0.2, 0.25) is 5.02 Å². The summed E-state index contributed by atoms with van der Waals surface area (Å²) in [5, 5.41) is 10.6. The van der Waals surface area contributed by atoms with Gasteiger partial charge in [-0.15, -0.1) is 0 Å². The molecule has 0 fully saturated rings. The fraction of sp³-hybridized carbons (Fsp3) is 0.500. The zero-order chi connectivity index (χ0) is 16.2. The normalized spacial score (nSPS) is 13.2. The molecular weight excluding hydrogens is 341 g/mol. The first-order valence-corrected chi connectivity index (χ1v) is 8.95. The lowest BCUT2D eigenvalue weighted by molar-refractivity contribution is -0.384. The number of hydrogen-bond donors (Lipinski definition) is 0. The molecule has 0 aromatic heterocycles. The lowest BCUT2D eigenvalue weighted by atomic mass is 9.99. The topological polar surface area (TPSA) is 86.5 Å². The Morgan fingerprint density at radius 2 is 2.00 bits per heavy atom. The minimum atomic E-state index is -3.62. The molecule has 6 nitrogen and oxygen atoms in total. The molecule has 0 aliphatic carbocycles. The van der Waals surface area contributed by atoms with E-state index in [2.05, 4.69) is 0 Å². The third-order valence-corrected chi connectivity index (χ3v) is 4.44. The molecule has 0 amide bonds. The first-order valence-electron chi connectivity index (χ1n) is 6.09. The van der Waals surface area contributed by atoms with E-state index in [1.807, 2.05) is 13.8 Å². The number of ether oxygens (including phenoxy) is 1. The first kappa shape index (κ1) is 18.0. The van der Waals surface area contributed by atoms with Crippen LogP contribution in [0.25, 0.3) is 0 Å². The fourth-order valence-corrected chi connectivity index (χ4v) is 3.34. The summed E-state index contributed by atoms with van der Waals surface area (Å²) in [5.74, 6) is -0.107. The Hall–Kier alpha value is -1.05. The lowest BCUT2D eigenvalue weighted by Gasteiger charge is -2.19. The fourth-order valence-electron chi connectivity index (χ4n) is 1.62. The van der Waals surface area contributed by atoms with Crippen LogP contribution in [0.1, 0.15) is 13.8 Å². The van der Waals surface area contributed by atoms with E-state index in [0.717, 1.165) is 0 Å². The van der Waals surface area contributed by atoms with Crippen LogP contribution in [-0.4, -0.2) is 25.7 Å². The summed E-state index contributed by atoms with van der Waals surface area (Å²) in [6.45, 7) is 3.84. The number of nitro benzene ring substituents is 1. The highest BCUT2D eigenvalue weighted by atomic mass is 35.7. The van der Waals surface area contributed by atoms with Gasteiger partial charge in [-0.1, -0.05) is 25.4 Å². The highest BCUT2D eigenvalue weighted by Crippen LogP contribution is 2.29. The van der Waals surface area contributed by atoms with Crippen LogP contribution in [0.15, 0.2) is 18.2 Å². The Balaban J connectivity index is 2.77. The summed E-state index contributed by atoms with van der Waals surface area (Å²) in [6.07, 6.45) is 0. The second kappa shape index (κ2) is 7.29. The van der Waals surface area contributed by atoms with Gasteiger partial charge in [-0.2, -0.15) is 0 Å². The zero-order valence-electron chi connectivity index (χ0n) is 11.5. The van der Waals surface area contributed by atoms with Gasteiger partial charge >= 0.3 is 0 Å². The van der Waals surface area contributed by atoms with Crippen LogP contribution < -0.4 is 4.74 Å². The van der Waals surface area contributed by atoms with Gasteiger partial charge in [0.25, 0.3) is 5.69 Å². The number of nitro groups is 1. The van der Waals surface area contributed by atoms with Crippen molar-refractivity contribution in [1.29, 1.82) is 0 Å². The average molecular weight is 356 g/mol. The van der Waals surface area contributed by atoms with Crippen molar-refractivity contribution < 1.29 is 18.1 Å². The van der Waals surface area contributed by atoms with Crippen LogP contribution in [0.4, 0.5) is 5.69 Å². The Morgan fingerprint density at radius 1 is 1.38 bits per heavy atom. The smallest absolute Gasteiger partial charge is 0.288 e. The maximum Gasteiger partial charge on any atom is 0.288 e. The molecule has 0 heterocycles. The molecule has 1 aromatic rings.